The Morgan fingerprint density at radius 2 is 1.95 bits per heavy atom. The second kappa shape index (κ2) is 7.47. The third-order valence-electron chi connectivity index (χ3n) is 4.08. The molecule has 6 nitrogen and oxygen atoms in total. The molecule has 0 aromatic carbocycles. The number of nitrogens with zero attached hydrogens (tertiary/aromatic N) is 1. The smallest absolute Gasteiger partial charge is 0.317 e. The molecule has 2 rings (SSSR count). The molecule has 1 aliphatic heterocycles. The van der Waals surface area contributed by atoms with E-state index in [0.29, 0.717) is 25.8 Å². The van der Waals surface area contributed by atoms with Crippen molar-refractivity contribution in [3.8, 4) is 0 Å². The summed E-state index contributed by atoms with van der Waals surface area (Å²) in [7, 11) is 0. The maximum absolute atomic E-state index is 12.0. The zero-order chi connectivity index (χ0) is 14.4. The van der Waals surface area contributed by atoms with Gasteiger partial charge in [-0.1, -0.05) is 12.8 Å². The summed E-state index contributed by atoms with van der Waals surface area (Å²) in [6.07, 6.45) is 6.78. The summed E-state index contributed by atoms with van der Waals surface area (Å²) >= 11 is 0. The highest BCUT2D eigenvalue weighted by molar-refractivity contribution is 5.76. The van der Waals surface area contributed by atoms with Gasteiger partial charge in [0.15, 0.2) is 0 Å². The monoisotopic (exact) mass is 284 g/mol. The quantitative estimate of drug-likeness (QED) is 0.726. The highest BCUT2D eigenvalue weighted by Gasteiger charge is 2.30. The Morgan fingerprint density at radius 3 is 2.65 bits per heavy atom. The van der Waals surface area contributed by atoms with Gasteiger partial charge in [0.1, 0.15) is 0 Å². The van der Waals surface area contributed by atoms with Crippen LogP contribution >= 0.6 is 0 Å². The van der Waals surface area contributed by atoms with Crippen molar-refractivity contribution in [2.75, 3.05) is 19.7 Å². The van der Waals surface area contributed by atoms with Crippen LogP contribution in [0.1, 0.15) is 44.9 Å². The summed E-state index contributed by atoms with van der Waals surface area (Å²) < 4.78 is 5.68. The van der Waals surface area contributed by atoms with Crippen LogP contribution in [0.2, 0.25) is 0 Å². The molecule has 1 heterocycles. The first-order valence-corrected chi connectivity index (χ1v) is 7.54. The normalized spacial score (nSPS) is 23.2. The molecule has 114 valence electrons. The van der Waals surface area contributed by atoms with E-state index in [1.54, 1.807) is 4.90 Å². The van der Waals surface area contributed by atoms with Crippen molar-refractivity contribution >= 4 is 12.0 Å². The van der Waals surface area contributed by atoms with Crippen LogP contribution in [0.4, 0.5) is 4.79 Å². The number of ether oxygens (including phenoxy) is 1. The van der Waals surface area contributed by atoms with E-state index in [1.807, 2.05) is 0 Å². The van der Waals surface area contributed by atoms with E-state index in [0.717, 1.165) is 25.7 Å². The lowest BCUT2D eigenvalue weighted by molar-refractivity contribution is -0.137. The third-order valence-corrected chi connectivity index (χ3v) is 4.08. The molecule has 2 aliphatic rings. The van der Waals surface area contributed by atoms with E-state index in [-0.39, 0.29) is 18.5 Å². The van der Waals surface area contributed by atoms with Crippen molar-refractivity contribution in [2.24, 2.45) is 0 Å². The van der Waals surface area contributed by atoms with Gasteiger partial charge in [-0.25, -0.2) is 4.79 Å². The summed E-state index contributed by atoms with van der Waals surface area (Å²) in [6.45, 7) is 1.67. The lowest BCUT2D eigenvalue weighted by Gasteiger charge is -2.24. The van der Waals surface area contributed by atoms with Crippen molar-refractivity contribution in [3.05, 3.63) is 0 Å². The lowest BCUT2D eigenvalue weighted by Crippen LogP contribution is -2.44. The van der Waals surface area contributed by atoms with Crippen LogP contribution in [0.5, 0.6) is 0 Å². The molecule has 20 heavy (non-hydrogen) atoms. The van der Waals surface area contributed by atoms with E-state index < -0.39 is 5.97 Å². The van der Waals surface area contributed by atoms with Gasteiger partial charge < -0.3 is 20.1 Å². The van der Waals surface area contributed by atoms with Gasteiger partial charge in [0.2, 0.25) is 0 Å². The van der Waals surface area contributed by atoms with Crippen LogP contribution in [0, 0.1) is 0 Å². The van der Waals surface area contributed by atoms with Gasteiger partial charge in [0.05, 0.1) is 19.1 Å². The zero-order valence-corrected chi connectivity index (χ0v) is 11.8. The predicted molar refractivity (Wildman–Crippen MR) is 73.6 cm³/mol. The van der Waals surface area contributed by atoms with Gasteiger partial charge in [0, 0.05) is 19.1 Å². The maximum atomic E-state index is 12.0. The van der Waals surface area contributed by atoms with Crippen molar-refractivity contribution in [2.45, 2.75) is 57.1 Å². The fraction of sp³-hybridized carbons (Fsp3) is 0.857. The number of carboxylic acid groups (broad SMARTS) is 1. The zero-order valence-electron chi connectivity index (χ0n) is 11.8. The van der Waals surface area contributed by atoms with Gasteiger partial charge in [0.25, 0.3) is 0 Å². The van der Waals surface area contributed by atoms with Crippen LogP contribution in [0.3, 0.4) is 0 Å². The van der Waals surface area contributed by atoms with Crippen molar-refractivity contribution in [3.63, 3.8) is 0 Å². The van der Waals surface area contributed by atoms with Gasteiger partial charge >= 0.3 is 12.0 Å². The summed E-state index contributed by atoms with van der Waals surface area (Å²) in [4.78, 5) is 24.4. The molecule has 1 unspecified atom stereocenters. The number of amides is 2. The molecule has 0 aromatic heterocycles. The van der Waals surface area contributed by atoms with E-state index in [1.165, 1.54) is 12.8 Å². The second-order valence-corrected chi connectivity index (χ2v) is 5.60. The fourth-order valence-electron chi connectivity index (χ4n) is 3.06. The minimum atomic E-state index is -0.848. The highest BCUT2D eigenvalue weighted by atomic mass is 16.5. The topological polar surface area (TPSA) is 78.9 Å². The Morgan fingerprint density at radius 1 is 1.20 bits per heavy atom. The second-order valence-electron chi connectivity index (χ2n) is 5.60. The summed E-state index contributed by atoms with van der Waals surface area (Å²) in [5.74, 6) is -0.848. The minimum absolute atomic E-state index is 0.0337. The number of carbonyl (C=O) groups is 2. The number of urea groups is 1. The van der Waals surface area contributed by atoms with E-state index in [9.17, 15) is 9.59 Å². The van der Waals surface area contributed by atoms with Crippen molar-refractivity contribution in [1.29, 1.82) is 0 Å². The summed E-state index contributed by atoms with van der Waals surface area (Å²) in [5, 5.41) is 11.7. The average molecular weight is 284 g/mol. The maximum Gasteiger partial charge on any atom is 0.317 e. The van der Waals surface area contributed by atoms with E-state index in [2.05, 4.69) is 5.32 Å². The molecule has 1 saturated heterocycles. The van der Waals surface area contributed by atoms with Crippen LogP contribution in [-0.2, 0) is 9.53 Å². The molecular formula is C14H24N2O4. The van der Waals surface area contributed by atoms with Crippen LogP contribution in [0.25, 0.3) is 0 Å². The molecule has 2 fully saturated rings. The molecule has 0 radical (unpaired) electrons. The Balaban J connectivity index is 1.64. The molecule has 1 aliphatic carbocycles. The number of rotatable bonds is 6. The number of carboxylic acids is 1. The molecule has 1 saturated carbocycles. The average Bonchev–Trinajstić information content (AvgIpc) is 3.04. The van der Waals surface area contributed by atoms with Crippen molar-refractivity contribution in [1.82, 2.24) is 10.2 Å². The molecule has 6 heteroatoms. The number of hydrogen-bond donors (Lipinski definition) is 2. The van der Waals surface area contributed by atoms with Gasteiger partial charge in [-0.2, -0.15) is 0 Å². The first kappa shape index (κ1) is 15.1. The van der Waals surface area contributed by atoms with Gasteiger partial charge in [-0.05, 0) is 25.7 Å². The SMILES string of the molecule is O=C(O)CC1CCCN1C(=O)NCCOC1CCCC1. The number of nitrogens with one attached hydrogen (secondary N) is 1. The minimum Gasteiger partial charge on any atom is -0.481 e. The standard InChI is InChI=1S/C14H24N2O4/c17-13(18)10-11-4-3-8-16(11)14(19)15-7-9-20-12-5-1-2-6-12/h11-12H,1-10H2,(H,15,19)(H,17,18). The molecule has 2 N–H and O–H groups in total. The van der Waals surface area contributed by atoms with Gasteiger partial charge in [-0.15, -0.1) is 0 Å². The predicted octanol–water partition coefficient (Wildman–Crippen LogP) is 1.59. The van der Waals surface area contributed by atoms with Crippen LogP contribution in [-0.4, -0.2) is 53.8 Å². The third kappa shape index (κ3) is 4.37. The first-order chi connectivity index (χ1) is 9.66. The largest absolute Gasteiger partial charge is 0.481 e. The molecule has 0 aromatic rings. The molecule has 2 amide bonds. The van der Waals surface area contributed by atoms with Crippen LogP contribution in [0.15, 0.2) is 0 Å². The number of carbonyl (C=O) groups excluding carboxylic acids is 1. The van der Waals surface area contributed by atoms with E-state index in [4.69, 9.17) is 9.84 Å². The lowest BCUT2D eigenvalue weighted by atomic mass is 10.1. The molecular weight excluding hydrogens is 260 g/mol. The Kier molecular flexibility index (Phi) is 5.64. The Hall–Kier alpha value is -1.30. The summed E-state index contributed by atoms with van der Waals surface area (Å²) in [5.41, 5.74) is 0. The Labute approximate surface area is 119 Å². The summed E-state index contributed by atoms with van der Waals surface area (Å²) in [6, 6.07) is -0.327. The number of likely N-dealkylation sites (tertiary alicyclic amines) is 1. The highest BCUT2D eigenvalue weighted by Crippen LogP contribution is 2.21. The molecule has 0 spiro atoms. The van der Waals surface area contributed by atoms with Gasteiger partial charge in [-0.3, -0.25) is 4.79 Å². The Bertz CT molecular complexity index is 342. The van der Waals surface area contributed by atoms with E-state index >= 15 is 0 Å². The fourth-order valence-corrected chi connectivity index (χ4v) is 3.06. The number of aliphatic carboxylic acids is 1. The van der Waals surface area contributed by atoms with Crippen LogP contribution < -0.4 is 5.32 Å². The molecule has 1 atom stereocenters. The molecule has 0 bridgehead atoms. The number of hydrogen-bond acceptors (Lipinski definition) is 3. The first-order valence-electron chi connectivity index (χ1n) is 7.54. The van der Waals surface area contributed by atoms with Crippen molar-refractivity contribution < 1.29 is 19.4 Å².